The standard InChI is InChI=1S/C39H26N4S/c1-2-13-25(14-3-1)41-30-19-8-4-15-26(30)36-27-16-5-9-20-31(27)42(38(36)41)34-23-12-24-35(40-34)43-32-21-10-6-17-28(32)37-29-18-7-11-22-33(29)44-39(37)43/h1-24,28,32H. The van der Waals surface area contributed by atoms with Crippen LogP contribution in [-0.2, 0) is 0 Å². The minimum Gasteiger partial charge on any atom is -0.310 e. The largest absolute Gasteiger partial charge is 0.310 e. The zero-order chi connectivity index (χ0) is 28.8. The molecule has 0 saturated heterocycles. The number of pyridine rings is 1. The first-order valence-corrected chi connectivity index (χ1v) is 15.9. The van der Waals surface area contributed by atoms with Gasteiger partial charge in [-0.25, -0.2) is 4.98 Å². The summed E-state index contributed by atoms with van der Waals surface area (Å²) in [6, 6.07) is 43.6. The summed E-state index contributed by atoms with van der Waals surface area (Å²) in [4.78, 5) is 7.95. The van der Waals surface area contributed by atoms with Gasteiger partial charge in [-0.3, -0.25) is 9.13 Å². The fourth-order valence-corrected chi connectivity index (χ4v) is 8.81. The first-order chi connectivity index (χ1) is 21.9. The molecule has 4 aromatic carbocycles. The summed E-state index contributed by atoms with van der Waals surface area (Å²) in [6.07, 6.45) is 9.05. The quantitative estimate of drug-likeness (QED) is 0.207. The molecule has 0 spiro atoms. The molecule has 0 fully saturated rings. The summed E-state index contributed by atoms with van der Waals surface area (Å²) in [6.45, 7) is 0. The van der Waals surface area contributed by atoms with Gasteiger partial charge in [0.05, 0.1) is 17.1 Å². The highest BCUT2D eigenvalue weighted by Crippen LogP contribution is 2.54. The molecule has 44 heavy (non-hydrogen) atoms. The van der Waals surface area contributed by atoms with Crippen molar-refractivity contribution in [3.8, 4) is 11.5 Å². The Morgan fingerprint density at radius 2 is 1.23 bits per heavy atom. The van der Waals surface area contributed by atoms with Crippen molar-refractivity contribution < 1.29 is 0 Å². The van der Waals surface area contributed by atoms with Crippen molar-refractivity contribution in [1.29, 1.82) is 0 Å². The van der Waals surface area contributed by atoms with Gasteiger partial charge in [0.1, 0.15) is 22.3 Å². The van der Waals surface area contributed by atoms with Crippen LogP contribution in [0.4, 0.5) is 10.8 Å². The Morgan fingerprint density at radius 3 is 2.05 bits per heavy atom. The van der Waals surface area contributed by atoms with Gasteiger partial charge in [-0.05, 0) is 47.9 Å². The topological polar surface area (TPSA) is 26.0 Å². The molecule has 1 aliphatic heterocycles. The molecular formula is C39H26N4S. The molecule has 1 aliphatic carbocycles. The van der Waals surface area contributed by atoms with E-state index in [2.05, 4.69) is 160 Å². The molecule has 2 aliphatic rings. The summed E-state index contributed by atoms with van der Waals surface area (Å²) in [5.41, 5.74) is 6.03. The summed E-state index contributed by atoms with van der Waals surface area (Å²) < 4.78 is 6.08. The fourth-order valence-electron chi connectivity index (χ4n) is 7.49. The molecule has 2 unspecified atom stereocenters. The van der Waals surface area contributed by atoms with Crippen LogP contribution in [0.2, 0.25) is 0 Å². The zero-order valence-corrected chi connectivity index (χ0v) is 24.5. The van der Waals surface area contributed by atoms with E-state index in [1.165, 1.54) is 42.3 Å². The molecule has 10 rings (SSSR count). The zero-order valence-electron chi connectivity index (χ0n) is 23.7. The Hall–Kier alpha value is -5.39. The number of rotatable bonds is 3. The van der Waals surface area contributed by atoms with E-state index in [0.717, 1.165) is 28.5 Å². The monoisotopic (exact) mass is 582 g/mol. The van der Waals surface area contributed by atoms with Gasteiger partial charge in [0, 0.05) is 38.0 Å². The Bertz CT molecular complexity index is 2480. The third-order valence-electron chi connectivity index (χ3n) is 9.26. The molecule has 0 N–H and O–H groups in total. The average molecular weight is 583 g/mol. The smallest absolute Gasteiger partial charge is 0.141 e. The van der Waals surface area contributed by atoms with E-state index < -0.39 is 0 Å². The van der Waals surface area contributed by atoms with E-state index in [1.54, 1.807) is 0 Å². The molecule has 0 saturated carbocycles. The predicted octanol–water partition coefficient (Wildman–Crippen LogP) is 10.1. The minimum absolute atomic E-state index is 0.200. The van der Waals surface area contributed by atoms with Crippen LogP contribution in [0.1, 0.15) is 11.5 Å². The molecule has 208 valence electrons. The van der Waals surface area contributed by atoms with Gasteiger partial charge in [-0.15, -0.1) is 11.3 Å². The first-order valence-electron chi connectivity index (χ1n) is 15.1. The molecule has 8 aromatic rings. The molecule has 5 heteroatoms. The number of hydrogen-bond acceptors (Lipinski definition) is 3. The number of para-hydroxylation sites is 3. The van der Waals surface area contributed by atoms with Crippen LogP contribution in [-0.4, -0.2) is 20.2 Å². The summed E-state index contributed by atoms with van der Waals surface area (Å²) in [5, 5.41) is 6.37. The normalized spacial score (nSPS) is 17.3. The summed E-state index contributed by atoms with van der Waals surface area (Å²) in [7, 11) is 0. The molecule has 2 atom stereocenters. The van der Waals surface area contributed by atoms with Crippen LogP contribution in [0.25, 0.3) is 54.4 Å². The van der Waals surface area contributed by atoms with Crippen molar-refractivity contribution in [2.24, 2.45) is 0 Å². The second-order valence-electron chi connectivity index (χ2n) is 11.6. The molecule has 4 nitrogen and oxygen atoms in total. The molecule has 5 heterocycles. The molecular weight excluding hydrogens is 557 g/mol. The molecule has 4 aromatic heterocycles. The highest BCUT2D eigenvalue weighted by Gasteiger charge is 2.41. The van der Waals surface area contributed by atoms with E-state index in [1.807, 2.05) is 11.3 Å². The van der Waals surface area contributed by atoms with Gasteiger partial charge in [-0.2, -0.15) is 0 Å². The summed E-state index contributed by atoms with van der Waals surface area (Å²) in [5.74, 6) is 2.18. The number of fused-ring (bicyclic) bond motifs is 10. The molecule has 0 bridgehead atoms. The molecule has 0 radical (unpaired) electrons. The van der Waals surface area contributed by atoms with E-state index >= 15 is 0 Å². The Labute approximate surface area is 258 Å². The first kappa shape index (κ1) is 24.1. The van der Waals surface area contributed by atoms with Gasteiger partial charge in [-0.1, -0.05) is 103 Å². The second kappa shape index (κ2) is 9.06. The lowest BCUT2D eigenvalue weighted by Gasteiger charge is -2.28. The van der Waals surface area contributed by atoms with Gasteiger partial charge in [0.2, 0.25) is 0 Å². The van der Waals surface area contributed by atoms with Crippen molar-refractivity contribution >= 4 is 65.1 Å². The third-order valence-corrected chi connectivity index (χ3v) is 10.4. The lowest BCUT2D eigenvalue weighted by Crippen LogP contribution is -2.29. The SMILES string of the molecule is C1=CC2c3c(sc4ccccc34)N(c3cccc(-n4c5ccccc5c5c6ccccc6n(-c6ccccc6)c54)n3)C2C=C1. The number of nitrogens with zero attached hydrogens (tertiary/aromatic N) is 4. The van der Waals surface area contributed by atoms with Crippen LogP contribution >= 0.6 is 11.3 Å². The minimum atomic E-state index is 0.200. The number of hydrogen-bond donors (Lipinski definition) is 0. The maximum Gasteiger partial charge on any atom is 0.141 e. The predicted molar refractivity (Wildman–Crippen MR) is 184 cm³/mol. The highest BCUT2D eigenvalue weighted by molar-refractivity contribution is 7.23. The number of aromatic nitrogens is 3. The maximum absolute atomic E-state index is 5.49. The molecule has 0 amide bonds. The van der Waals surface area contributed by atoms with Crippen LogP contribution in [0.3, 0.4) is 0 Å². The maximum atomic E-state index is 5.49. The van der Waals surface area contributed by atoms with Crippen molar-refractivity contribution in [2.45, 2.75) is 12.0 Å². The van der Waals surface area contributed by atoms with Gasteiger partial charge in [0.15, 0.2) is 0 Å². The lowest BCUT2D eigenvalue weighted by atomic mass is 9.90. The van der Waals surface area contributed by atoms with E-state index in [4.69, 9.17) is 4.98 Å². The van der Waals surface area contributed by atoms with Crippen LogP contribution in [0, 0.1) is 0 Å². The fraction of sp³-hybridized carbons (Fsp3) is 0.0513. The van der Waals surface area contributed by atoms with Crippen LogP contribution < -0.4 is 4.90 Å². The Kier molecular flexibility index (Phi) is 4.96. The number of anilines is 2. The van der Waals surface area contributed by atoms with E-state index in [9.17, 15) is 0 Å². The Morgan fingerprint density at radius 1 is 0.568 bits per heavy atom. The van der Waals surface area contributed by atoms with Crippen molar-refractivity contribution in [3.63, 3.8) is 0 Å². The third kappa shape index (κ3) is 3.19. The second-order valence-corrected chi connectivity index (χ2v) is 12.6. The number of thiophene rings is 1. The average Bonchev–Trinajstić information content (AvgIpc) is 3.80. The van der Waals surface area contributed by atoms with Crippen molar-refractivity contribution in [2.75, 3.05) is 4.90 Å². The van der Waals surface area contributed by atoms with Gasteiger partial charge >= 0.3 is 0 Å². The van der Waals surface area contributed by atoms with Crippen LogP contribution in [0.15, 0.2) is 146 Å². The Balaban J connectivity index is 1.26. The number of allylic oxidation sites excluding steroid dienone is 2. The lowest BCUT2D eigenvalue weighted by molar-refractivity contribution is 0.740. The van der Waals surface area contributed by atoms with Gasteiger partial charge in [0.25, 0.3) is 0 Å². The number of benzene rings is 4. The van der Waals surface area contributed by atoms with E-state index in [-0.39, 0.29) is 6.04 Å². The highest BCUT2D eigenvalue weighted by atomic mass is 32.1. The van der Waals surface area contributed by atoms with Crippen molar-refractivity contribution in [1.82, 2.24) is 14.1 Å². The van der Waals surface area contributed by atoms with Gasteiger partial charge < -0.3 is 4.90 Å². The summed E-state index contributed by atoms with van der Waals surface area (Å²) >= 11 is 1.87. The van der Waals surface area contributed by atoms with Crippen molar-refractivity contribution in [3.05, 3.63) is 151 Å². The van der Waals surface area contributed by atoms with Crippen LogP contribution in [0.5, 0.6) is 0 Å². The van der Waals surface area contributed by atoms with E-state index in [0.29, 0.717) is 5.92 Å².